The molecule has 6 nitrogen and oxygen atoms in total. The van der Waals surface area contributed by atoms with Crippen LogP contribution in [0, 0.1) is 13.8 Å². The summed E-state index contributed by atoms with van der Waals surface area (Å²) in [5, 5.41) is 2.93. The standard InChI is InChI=1S/C20H25N3O3S/c1-16-12-17(2)14-18(13-16)21-20(24)15-22-8-10-23(11-9-22)27(25,26)19-6-4-3-5-7-19/h3-7,12-14H,8-11,15H2,1-2H3,(H,21,24). The fraction of sp³-hybridized carbons (Fsp3) is 0.350. The molecule has 1 saturated heterocycles. The van der Waals surface area contributed by atoms with E-state index in [1.54, 1.807) is 30.3 Å². The van der Waals surface area contributed by atoms with Crippen LogP contribution < -0.4 is 5.32 Å². The first kappa shape index (κ1) is 19.5. The second-order valence-corrected chi connectivity index (χ2v) is 8.86. The maximum absolute atomic E-state index is 12.6. The van der Waals surface area contributed by atoms with Crippen molar-refractivity contribution in [3.8, 4) is 0 Å². The van der Waals surface area contributed by atoms with Gasteiger partial charge in [-0.25, -0.2) is 8.42 Å². The third-order valence-corrected chi connectivity index (χ3v) is 6.50. The van der Waals surface area contributed by atoms with Gasteiger partial charge in [0.25, 0.3) is 0 Å². The van der Waals surface area contributed by atoms with Gasteiger partial charge >= 0.3 is 0 Å². The van der Waals surface area contributed by atoms with Gasteiger partial charge in [0, 0.05) is 31.9 Å². The van der Waals surface area contributed by atoms with Crippen LogP contribution in [-0.4, -0.2) is 56.3 Å². The fourth-order valence-corrected chi connectivity index (χ4v) is 4.76. The first-order valence-electron chi connectivity index (χ1n) is 9.00. The minimum absolute atomic E-state index is 0.0839. The van der Waals surface area contributed by atoms with Crippen molar-refractivity contribution in [3.63, 3.8) is 0 Å². The van der Waals surface area contributed by atoms with Crippen LogP contribution in [-0.2, 0) is 14.8 Å². The molecule has 2 aromatic rings. The number of amides is 1. The van der Waals surface area contributed by atoms with Gasteiger partial charge in [0.05, 0.1) is 11.4 Å². The molecule has 1 fully saturated rings. The van der Waals surface area contributed by atoms with Crippen LogP contribution in [0.3, 0.4) is 0 Å². The Morgan fingerprint density at radius 2 is 1.56 bits per heavy atom. The SMILES string of the molecule is Cc1cc(C)cc(NC(=O)CN2CCN(S(=O)(=O)c3ccccc3)CC2)c1. The third-order valence-electron chi connectivity index (χ3n) is 4.58. The zero-order valence-corrected chi connectivity index (χ0v) is 16.5. The summed E-state index contributed by atoms with van der Waals surface area (Å²) in [4.78, 5) is 14.6. The predicted molar refractivity (Wildman–Crippen MR) is 106 cm³/mol. The Hall–Kier alpha value is -2.22. The summed E-state index contributed by atoms with van der Waals surface area (Å²) < 4.78 is 26.8. The molecule has 0 radical (unpaired) electrons. The molecule has 0 aliphatic carbocycles. The first-order valence-corrected chi connectivity index (χ1v) is 10.4. The van der Waals surface area contributed by atoms with Gasteiger partial charge in [-0.2, -0.15) is 4.31 Å². The maximum Gasteiger partial charge on any atom is 0.243 e. The molecule has 1 N–H and O–H groups in total. The number of piperazine rings is 1. The highest BCUT2D eigenvalue weighted by molar-refractivity contribution is 7.89. The molecular formula is C20H25N3O3S. The summed E-state index contributed by atoms with van der Waals surface area (Å²) in [5.41, 5.74) is 3.00. The molecule has 1 amide bonds. The van der Waals surface area contributed by atoms with Crippen molar-refractivity contribution in [2.75, 3.05) is 38.0 Å². The third kappa shape index (κ3) is 4.94. The smallest absolute Gasteiger partial charge is 0.243 e. The van der Waals surface area contributed by atoms with Gasteiger partial charge < -0.3 is 5.32 Å². The minimum Gasteiger partial charge on any atom is -0.325 e. The van der Waals surface area contributed by atoms with Crippen molar-refractivity contribution in [2.45, 2.75) is 18.7 Å². The number of nitrogens with one attached hydrogen (secondary N) is 1. The molecule has 2 aromatic carbocycles. The summed E-state index contributed by atoms with van der Waals surface area (Å²) in [6.07, 6.45) is 0. The topological polar surface area (TPSA) is 69.7 Å². The second kappa shape index (κ2) is 8.21. The van der Waals surface area contributed by atoms with E-state index in [4.69, 9.17) is 0 Å². The van der Waals surface area contributed by atoms with Crippen molar-refractivity contribution < 1.29 is 13.2 Å². The molecule has 0 spiro atoms. The number of rotatable bonds is 5. The van der Waals surface area contributed by atoms with Gasteiger partial charge in [0.15, 0.2) is 0 Å². The van der Waals surface area contributed by atoms with Crippen LogP contribution in [0.25, 0.3) is 0 Å². The van der Waals surface area contributed by atoms with Crippen molar-refractivity contribution in [2.24, 2.45) is 0 Å². The van der Waals surface area contributed by atoms with Crippen LogP contribution in [0.5, 0.6) is 0 Å². The van der Waals surface area contributed by atoms with Crippen LogP contribution in [0.4, 0.5) is 5.69 Å². The lowest BCUT2D eigenvalue weighted by Gasteiger charge is -2.33. The van der Waals surface area contributed by atoms with Gasteiger partial charge in [0.1, 0.15) is 0 Å². The summed E-state index contributed by atoms with van der Waals surface area (Å²) in [7, 11) is -3.47. The minimum atomic E-state index is -3.47. The largest absolute Gasteiger partial charge is 0.325 e. The Labute approximate surface area is 160 Å². The number of carbonyl (C=O) groups excluding carboxylic acids is 1. The van der Waals surface area contributed by atoms with E-state index < -0.39 is 10.0 Å². The van der Waals surface area contributed by atoms with Crippen molar-refractivity contribution in [1.29, 1.82) is 0 Å². The van der Waals surface area contributed by atoms with E-state index in [1.807, 2.05) is 30.9 Å². The lowest BCUT2D eigenvalue weighted by molar-refractivity contribution is -0.117. The van der Waals surface area contributed by atoms with Crippen LogP contribution >= 0.6 is 0 Å². The molecule has 0 aromatic heterocycles. The van der Waals surface area contributed by atoms with Gasteiger partial charge in [-0.1, -0.05) is 24.3 Å². The van der Waals surface area contributed by atoms with E-state index in [0.717, 1.165) is 16.8 Å². The van der Waals surface area contributed by atoms with E-state index >= 15 is 0 Å². The Bertz CT molecular complexity index is 885. The number of benzene rings is 2. The molecule has 0 unspecified atom stereocenters. The Balaban J connectivity index is 1.54. The molecule has 144 valence electrons. The number of sulfonamides is 1. The van der Waals surface area contributed by atoms with Crippen LogP contribution in [0.1, 0.15) is 11.1 Å². The lowest BCUT2D eigenvalue weighted by Crippen LogP contribution is -2.50. The molecule has 1 aliphatic heterocycles. The van der Waals surface area contributed by atoms with Gasteiger partial charge in [-0.05, 0) is 49.2 Å². The molecule has 0 saturated carbocycles. The van der Waals surface area contributed by atoms with Gasteiger partial charge in [0.2, 0.25) is 15.9 Å². The predicted octanol–water partition coefficient (Wildman–Crippen LogP) is 2.25. The molecule has 1 aliphatic rings. The average molecular weight is 388 g/mol. The van der Waals surface area contributed by atoms with E-state index in [0.29, 0.717) is 31.1 Å². The highest BCUT2D eigenvalue weighted by atomic mass is 32.2. The lowest BCUT2D eigenvalue weighted by atomic mass is 10.1. The second-order valence-electron chi connectivity index (χ2n) is 6.92. The molecule has 0 bridgehead atoms. The summed E-state index contributed by atoms with van der Waals surface area (Å²) >= 11 is 0. The Kier molecular flexibility index (Phi) is 5.94. The maximum atomic E-state index is 12.6. The molecule has 1 heterocycles. The average Bonchev–Trinajstić information content (AvgIpc) is 2.62. The van der Waals surface area contributed by atoms with Crippen LogP contribution in [0.15, 0.2) is 53.4 Å². The summed E-state index contributed by atoms with van der Waals surface area (Å²) in [6, 6.07) is 14.4. The Morgan fingerprint density at radius 3 is 2.15 bits per heavy atom. The van der Waals surface area contributed by atoms with Crippen molar-refractivity contribution in [3.05, 3.63) is 59.7 Å². The highest BCUT2D eigenvalue weighted by Crippen LogP contribution is 2.17. The number of hydrogen-bond donors (Lipinski definition) is 1. The zero-order chi connectivity index (χ0) is 19.4. The zero-order valence-electron chi connectivity index (χ0n) is 15.7. The fourth-order valence-electron chi connectivity index (χ4n) is 3.32. The number of carbonyl (C=O) groups is 1. The molecule has 3 rings (SSSR count). The number of aryl methyl sites for hydroxylation is 2. The van der Waals surface area contributed by atoms with Crippen LogP contribution in [0.2, 0.25) is 0 Å². The first-order chi connectivity index (χ1) is 12.8. The number of hydrogen-bond acceptors (Lipinski definition) is 4. The molecular weight excluding hydrogens is 362 g/mol. The molecule has 7 heteroatoms. The molecule has 27 heavy (non-hydrogen) atoms. The van der Waals surface area contributed by atoms with E-state index in [9.17, 15) is 13.2 Å². The number of nitrogens with zero attached hydrogens (tertiary/aromatic N) is 2. The summed E-state index contributed by atoms with van der Waals surface area (Å²) in [5.74, 6) is -0.0839. The normalized spacial score (nSPS) is 16.2. The van der Waals surface area contributed by atoms with E-state index in [1.165, 1.54) is 4.31 Å². The molecule has 0 atom stereocenters. The van der Waals surface area contributed by atoms with E-state index in [-0.39, 0.29) is 12.5 Å². The quantitative estimate of drug-likeness (QED) is 0.854. The Morgan fingerprint density at radius 1 is 0.963 bits per heavy atom. The monoisotopic (exact) mass is 387 g/mol. The highest BCUT2D eigenvalue weighted by Gasteiger charge is 2.28. The van der Waals surface area contributed by atoms with Crippen molar-refractivity contribution >= 4 is 21.6 Å². The van der Waals surface area contributed by atoms with Crippen molar-refractivity contribution in [1.82, 2.24) is 9.21 Å². The number of anilines is 1. The van der Waals surface area contributed by atoms with E-state index in [2.05, 4.69) is 11.4 Å². The van der Waals surface area contributed by atoms with Gasteiger partial charge in [-0.3, -0.25) is 9.69 Å². The summed E-state index contributed by atoms with van der Waals surface area (Å²) in [6.45, 7) is 6.08. The van der Waals surface area contributed by atoms with Gasteiger partial charge in [-0.15, -0.1) is 0 Å².